The van der Waals surface area contributed by atoms with Gasteiger partial charge < -0.3 is 9.72 Å². The number of carbonyl (C=O) groups is 1. The predicted octanol–water partition coefficient (Wildman–Crippen LogP) is 1.59. The number of ether oxygens (including phenoxy) is 1. The van der Waals surface area contributed by atoms with Gasteiger partial charge in [0, 0.05) is 0 Å². The summed E-state index contributed by atoms with van der Waals surface area (Å²) in [5, 5.41) is 0.377. The molecule has 0 spiro atoms. The maximum absolute atomic E-state index is 12.5. The molecule has 1 N–H and O–H groups in total. The molecule has 0 saturated carbocycles. The van der Waals surface area contributed by atoms with Gasteiger partial charge in [-0.15, -0.1) is 0 Å². The lowest BCUT2D eigenvalue weighted by Crippen LogP contribution is -2.41. The molecule has 0 radical (unpaired) electrons. The van der Waals surface area contributed by atoms with Gasteiger partial charge in [0.1, 0.15) is 6.04 Å². The van der Waals surface area contributed by atoms with Gasteiger partial charge >= 0.3 is 11.7 Å². The van der Waals surface area contributed by atoms with E-state index in [2.05, 4.69) is 4.98 Å². The van der Waals surface area contributed by atoms with Crippen LogP contribution in [0, 0.1) is 0 Å². The number of para-hydroxylation sites is 1. The minimum Gasteiger partial charge on any atom is -0.467 e. The van der Waals surface area contributed by atoms with Gasteiger partial charge in [-0.25, -0.2) is 14.2 Å². The van der Waals surface area contributed by atoms with Crippen molar-refractivity contribution in [1.29, 1.82) is 0 Å². The molecule has 1 atom stereocenters. The van der Waals surface area contributed by atoms with Crippen molar-refractivity contribution in [3.8, 4) is 0 Å². The number of aromatic nitrogens is 2. The molecule has 21 heavy (non-hydrogen) atoms. The first kappa shape index (κ1) is 15.0. The molecule has 1 aromatic carbocycles. The van der Waals surface area contributed by atoms with Gasteiger partial charge in [-0.2, -0.15) is 0 Å². The van der Waals surface area contributed by atoms with Crippen molar-refractivity contribution >= 4 is 16.9 Å². The summed E-state index contributed by atoms with van der Waals surface area (Å²) in [6.45, 7) is 1.97. The van der Waals surface area contributed by atoms with E-state index < -0.39 is 23.3 Å². The van der Waals surface area contributed by atoms with Crippen LogP contribution in [0.3, 0.4) is 0 Å². The molecule has 0 bridgehead atoms. The quantitative estimate of drug-likeness (QED) is 0.848. The smallest absolute Gasteiger partial charge is 0.329 e. The molecule has 6 nitrogen and oxygen atoms in total. The number of benzene rings is 1. The van der Waals surface area contributed by atoms with Gasteiger partial charge in [-0.3, -0.25) is 4.79 Å². The van der Waals surface area contributed by atoms with Gasteiger partial charge in [0.25, 0.3) is 5.56 Å². The zero-order chi connectivity index (χ0) is 15.4. The van der Waals surface area contributed by atoms with Crippen LogP contribution in [0.1, 0.15) is 32.2 Å². The number of hydrogen-bond acceptors (Lipinski definition) is 4. The van der Waals surface area contributed by atoms with Gasteiger partial charge in [0.2, 0.25) is 0 Å². The zero-order valence-electron chi connectivity index (χ0n) is 12.1. The van der Waals surface area contributed by atoms with Crippen LogP contribution in [0.4, 0.5) is 0 Å². The molecule has 0 amide bonds. The molecule has 0 unspecified atom stereocenters. The second-order valence-electron chi connectivity index (χ2n) is 4.83. The lowest BCUT2D eigenvalue weighted by Gasteiger charge is -2.16. The summed E-state index contributed by atoms with van der Waals surface area (Å²) >= 11 is 0. The molecule has 0 aliphatic carbocycles. The average molecular weight is 290 g/mol. The molecule has 0 saturated heterocycles. The molecule has 0 aliphatic heterocycles. The minimum atomic E-state index is -0.893. The van der Waals surface area contributed by atoms with Crippen LogP contribution in [0.2, 0.25) is 0 Å². The van der Waals surface area contributed by atoms with Crippen LogP contribution in [-0.2, 0) is 9.53 Å². The van der Waals surface area contributed by atoms with E-state index in [9.17, 15) is 14.4 Å². The SMILES string of the molecule is CCCC[C@@H](C(=O)OC)n1c(=O)[nH]c2ccccc2c1=O. The zero-order valence-corrected chi connectivity index (χ0v) is 12.1. The summed E-state index contributed by atoms with van der Waals surface area (Å²) in [7, 11) is 1.25. The van der Waals surface area contributed by atoms with E-state index in [1.165, 1.54) is 7.11 Å². The van der Waals surface area contributed by atoms with Crippen molar-refractivity contribution in [2.45, 2.75) is 32.2 Å². The summed E-state index contributed by atoms with van der Waals surface area (Å²) < 4.78 is 5.70. The highest BCUT2D eigenvalue weighted by atomic mass is 16.5. The third-order valence-corrected chi connectivity index (χ3v) is 3.45. The number of rotatable bonds is 5. The standard InChI is InChI=1S/C15H18N2O4/c1-3-4-9-12(14(19)21-2)17-13(18)10-7-5-6-8-11(10)16-15(17)20/h5-8,12H,3-4,9H2,1-2H3,(H,16,20)/t12-/m0/s1. The average Bonchev–Trinajstić information content (AvgIpc) is 2.49. The van der Waals surface area contributed by atoms with E-state index in [0.717, 1.165) is 17.4 Å². The van der Waals surface area contributed by atoms with E-state index in [1.807, 2.05) is 6.92 Å². The minimum absolute atomic E-state index is 0.377. The van der Waals surface area contributed by atoms with Crippen LogP contribution < -0.4 is 11.2 Å². The Morgan fingerprint density at radius 1 is 1.33 bits per heavy atom. The lowest BCUT2D eigenvalue weighted by molar-refractivity contribution is -0.145. The fourth-order valence-corrected chi connectivity index (χ4v) is 2.34. The second-order valence-corrected chi connectivity index (χ2v) is 4.83. The van der Waals surface area contributed by atoms with Crippen molar-refractivity contribution in [3.63, 3.8) is 0 Å². The van der Waals surface area contributed by atoms with Crippen LogP contribution in [-0.4, -0.2) is 22.6 Å². The van der Waals surface area contributed by atoms with Gasteiger partial charge in [-0.05, 0) is 18.6 Å². The van der Waals surface area contributed by atoms with Crippen molar-refractivity contribution in [1.82, 2.24) is 9.55 Å². The van der Waals surface area contributed by atoms with Crippen LogP contribution >= 0.6 is 0 Å². The number of hydrogen-bond donors (Lipinski definition) is 1. The van der Waals surface area contributed by atoms with E-state index in [4.69, 9.17) is 4.74 Å². The highest BCUT2D eigenvalue weighted by Crippen LogP contribution is 2.14. The van der Waals surface area contributed by atoms with Crippen molar-refractivity contribution in [2.24, 2.45) is 0 Å². The Hall–Kier alpha value is -2.37. The number of methoxy groups -OCH3 is 1. The summed E-state index contributed by atoms with van der Waals surface area (Å²) in [5.41, 5.74) is -0.603. The maximum Gasteiger partial charge on any atom is 0.329 e. The molecule has 1 heterocycles. The second kappa shape index (κ2) is 6.39. The number of unbranched alkanes of at least 4 members (excludes halogenated alkanes) is 1. The Kier molecular flexibility index (Phi) is 4.57. The number of aromatic amines is 1. The molecule has 0 fully saturated rings. The van der Waals surface area contributed by atoms with Crippen molar-refractivity contribution < 1.29 is 9.53 Å². The third kappa shape index (κ3) is 2.89. The van der Waals surface area contributed by atoms with E-state index in [1.54, 1.807) is 24.3 Å². The predicted molar refractivity (Wildman–Crippen MR) is 79.4 cm³/mol. The normalized spacial score (nSPS) is 12.3. The van der Waals surface area contributed by atoms with E-state index in [-0.39, 0.29) is 0 Å². The molecule has 1 aromatic heterocycles. The molecule has 6 heteroatoms. The van der Waals surface area contributed by atoms with E-state index >= 15 is 0 Å². The summed E-state index contributed by atoms with van der Waals surface area (Å²) in [5.74, 6) is -0.577. The van der Waals surface area contributed by atoms with Crippen molar-refractivity contribution in [2.75, 3.05) is 7.11 Å². The Morgan fingerprint density at radius 3 is 2.71 bits per heavy atom. The molecule has 2 aromatic rings. The van der Waals surface area contributed by atoms with Gasteiger partial charge in [-0.1, -0.05) is 31.9 Å². The topological polar surface area (TPSA) is 81.2 Å². The number of H-pyrrole nitrogens is 1. The largest absolute Gasteiger partial charge is 0.467 e. The fourth-order valence-electron chi connectivity index (χ4n) is 2.34. The summed E-state index contributed by atoms with van der Waals surface area (Å²) in [6.07, 6.45) is 1.97. The van der Waals surface area contributed by atoms with E-state index in [0.29, 0.717) is 17.3 Å². The molecule has 112 valence electrons. The summed E-state index contributed by atoms with van der Waals surface area (Å²) in [4.78, 5) is 39.2. The third-order valence-electron chi connectivity index (χ3n) is 3.45. The number of fused-ring (bicyclic) bond motifs is 1. The van der Waals surface area contributed by atoms with Crippen LogP contribution in [0.15, 0.2) is 33.9 Å². The highest BCUT2D eigenvalue weighted by molar-refractivity contribution is 5.78. The number of nitrogens with one attached hydrogen (secondary N) is 1. The first-order valence-electron chi connectivity index (χ1n) is 6.91. The highest BCUT2D eigenvalue weighted by Gasteiger charge is 2.24. The Balaban J connectivity index is 2.64. The molecule has 2 rings (SSSR count). The number of nitrogens with zero attached hydrogens (tertiary/aromatic N) is 1. The Labute approximate surface area is 121 Å². The first-order chi connectivity index (χ1) is 10.1. The number of esters is 1. The summed E-state index contributed by atoms with van der Waals surface area (Å²) in [6, 6.07) is 5.83. The Morgan fingerprint density at radius 2 is 2.05 bits per heavy atom. The molecule has 0 aliphatic rings. The van der Waals surface area contributed by atoms with Crippen LogP contribution in [0.25, 0.3) is 10.9 Å². The molecular formula is C15H18N2O4. The van der Waals surface area contributed by atoms with Gasteiger partial charge in [0.05, 0.1) is 18.0 Å². The molecular weight excluding hydrogens is 272 g/mol. The number of carbonyl (C=O) groups excluding carboxylic acids is 1. The monoisotopic (exact) mass is 290 g/mol. The van der Waals surface area contributed by atoms with Crippen molar-refractivity contribution in [3.05, 3.63) is 45.1 Å². The van der Waals surface area contributed by atoms with Crippen LogP contribution in [0.5, 0.6) is 0 Å². The Bertz CT molecular complexity index is 760. The lowest BCUT2D eigenvalue weighted by atomic mass is 10.1. The fraction of sp³-hybridized carbons (Fsp3) is 0.400. The maximum atomic E-state index is 12.5. The first-order valence-corrected chi connectivity index (χ1v) is 6.91. The van der Waals surface area contributed by atoms with Gasteiger partial charge in [0.15, 0.2) is 0 Å².